The fourth-order valence-corrected chi connectivity index (χ4v) is 8.96. The molecule has 1 aromatic carbocycles. The Balaban J connectivity index is 1.59. The lowest BCUT2D eigenvalue weighted by Crippen LogP contribution is -2.70. The van der Waals surface area contributed by atoms with Gasteiger partial charge in [0.25, 0.3) is 0 Å². The zero-order chi connectivity index (χ0) is 29.4. The second-order valence-electron chi connectivity index (χ2n) is 12.6. The summed E-state index contributed by atoms with van der Waals surface area (Å²) in [6.45, 7) is 5.41. The highest BCUT2D eigenvalue weighted by molar-refractivity contribution is 6.26. The second kappa shape index (κ2) is 9.41. The molecule has 2 unspecified atom stereocenters. The number of alkyl halides is 2. The van der Waals surface area contributed by atoms with E-state index in [0.29, 0.717) is 6.42 Å². The molecule has 1 aromatic rings. The van der Waals surface area contributed by atoms with Crippen LogP contribution in [0.15, 0.2) is 48.1 Å². The number of hydrogen-bond donors (Lipinski definition) is 1. The van der Waals surface area contributed by atoms with Gasteiger partial charge in [0, 0.05) is 36.5 Å². The summed E-state index contributed by atoms with van der Waals surface area (Å²) in [6.07, 6.45) is 2.05. The molecule has 216 valence electrons. The molecule has 1 N–H and O–H groups in total. The van der Waals surface area contributed by atoms with Crippen LogP contribution in [0.25, 0.3) is 0 Å². The van der Waals surface area contributed by atoms with Crippen molar-refractivity contribution in [3.05, 3.63) is 53.6 Å². The van der Waals surface area contributed by atoms with E-state index in [1.807, 2.05) is 32.8 Å². The molecule has 4 aliphatic rings. The number of hydrogen-bond acceptors (Lipinski definition) is 7. The summed E-state index contributed by atoms with van der Waals surface area (Å²) in [5.41, 5.74) is -2.51. The van der Waals surface area contributed by atoms with E-state index >= 15 is 4.39 Å². The van der Waals surface area contributed by atoms with Crippen molar-refractivity contribution in [2.45, 2.75) is 62.8 Å². The second-order valence-corrected chi connectivity index (χ2v) is 13.2. The molecule has 0 aliphatic heterocycles. The van der Waals surface area contributed by atoms with E-state index in [2.05, 4.69) is 0 Å². The number of carbonyl (C=O) groups excluding carboxylic acids is 3. The summed E-state index contributed by atoms with van der Waals surface area (Å²) in [7, 11) is 5.03. The lowest BCUT2D eigenvalue weighted by molar-refractivity contribution is -0.199. The molecular weight excluding hydrogens is 537 g/mol. The Kier molecular flexibility index (Phi) is 6.78. The SMILES string of the molecule is COC(=O)[C@@]1(OC(=O)c2ccc(N(C)C)cc2)[C@@H](C)CC2C3C[C@H](F)C4=CC(=O)C=C[C@]4(C)[C@@]3(Cl)[C@@H](O)C[C@@]21C. The van der Waals surface area contributed by atoms with Gasteiger partial charge in [0.15, 0.2) is 5.78 Å². The van der Waals surface area contributed by atoms with E-state index in [1.165, 1.54) is 19.3 Å². The Labute approximate surface area is 239 Å². The molecule has 40 heavy (non-hydrogen) atoms. The summed E-state index contributed by atoms with van der Waals surface area (Å²) in [4.78, 5) is 40.0. The first kappa shape index (κ1) is 28.8. The molecule has 0 spiro atoms. The number of ketones is 1. The van der Waals surface area contributed by atoms with Crippen LogP contribution in [0, 0.1) is 28.6 Å². The standard InChI is InChI=1S/C31H37ClFNO6/c1-17-13-21-22-15-24(33)23-14-20(35)11-12-28(23,2)30(22,32)25(36)16-29(21,3)31(17,27(38)39-6)40-26(37)18-7-9-19(10-8-18)34(4)5/h7-12,14,17,21-22,24-25,36H,13,15-16H2,1-6H3/t17-,21?,22?,24-,25-,28-,29-,30-,31-/m0/s1. The van der Waals surface area contributed by atoms with Gasteiger partial charge in [-0.05, 0) is 73.1 Å². The molecule has 0 amide bonds. The van der Waals surface area contributed by atoms with Crippen molar-refractivity contribution in [2.24, 2.45) is 28.6 Å². The molecule has 0 bridgehead atoms. The number of nitrogens with zero attached hydrogens (tertiary/aromatic N) is 1. The fourth-order valence-electron chi connectivity index (χ4n) is 8.47. The van der Waals surface area contributed by atoms with Gasteiger partial charge in [0.05, 0.1) is 23.7 Å². The van der Waals surface area contributed by atoms with Crippen LogP contribution in [0.1, 0.15) is 50.4 Å². The molecular formula is C31H37ClFNO6. The van der Waals surface area contributed by atoms with Crippen molar-refractivity contribution in [3.8, 4) is 0 Å². The van der Waals surface area contributed by atoms with Crippen LogP contribution in [0.2, 0.25) is 0 Å². The number of aliphatic hydroxyl groups is 1. The zero-order valence-corrected chi connectivity index (χ0v) is 24.5. The third-order valence-electron chi connectivity index (χ3n) is 10.5. The van der Waals surface area contributed by atoms with Gasteiger partial charge in [0.2, 0.25) is 5.60 Å². The van der Waals surface area contributed by atoms with E-state index in [-0.39, 0.29) is 35.7 Å². The minimum absolute atomic E-state index is 0.0194. The van der Waals surface area contributed by atoms with Crippen molar-refractivity contribution in [3.63, 3.8) is 0 Å². The van der Waals surface area contributed by atoms with E-state index in [9.17, 15) is 19.5 Å². The minimum atomic E-state index is -1.73. The van der Waals surface area contributed by atoms with Gasteiger partial charge in [-0.15, -0.1) is 11.6 Å². The van der Waals surface area contributed by atoms with Crippen molar-refractivity contribution >= 4 is 35.0 Å². The molecule has 0 heterocycles. The predicted molar refractivity (Wildman–Crippen MR) is 149 cm³/mol. The van der Waals surface area contributed by atoms with Gasteiger partial charge in [-0.1, -0.05) is 26.8 Å². The summed E-state index contributed by atoms with van der Waals surface area (Å²) in [5, 5.41) is 11.8. The maximum Gasteiger partial charge on any atom is 0.351 e. The predicted octanol–water partition coefficient (Wildman–Crippen LogP) is 4.66. The van der Waals surface area contributed by atoms with Crippen LogP contribution < -0.4 is 4.90 Å². The number of anilines is 1. The van der Waals surface area contributed by atoms with Crippen LogP contribution in [0.4, 0.5) is 10.1 Å². The Hall–Kier alpha value is -2.71. The van der Waals surface area contributed by atoms with Crippen molar-refractivity contribution in [1.82, 2.24) is 0 Å². The summed E-state index contributed by atoms with van der Waals surface area (Å²) < 4.78 is 27.3. The highest BCUT2D eigenvalue weighted by Crippen LogP contribution is 2.72. The van der Waals surface area contributed by atoms with E-state index in [0.717, 1.165) is 5.69 Å². The average Bonchev–Trinajstić information content (AvgIpc) is 3.13. The number of esters is 2. The third-order valence-corrected chi connectivity index (χ3v) is 11.5. The van der Waals surface area contributed by atoms with E-state index in [1.54, 1.807) is 37.3 Å². The number of aliphatic hydroxyl groups excluding tert-OH is 1. The number of allylic oxidation sites excluding steroid dienone is 4. The Bertz CT molecular complexity index is 1310. The number of rotatable bonds is 4. The molecule has 9 atom stereocenters. The van der Waals surface area contributed by atoms with Crippen LogP contribution in [-0.4, -0.2) is 66.8 Å². The van der Waals surface area contributed by atoms with Crippen LogP contribution in [0.3, 0.4) is 0 Å². The summed E-state index contributed by atoms with van der Waals surface area (Å²) in [6, 6.07) is 6.85. The first-order valence-corrected chi connectivity index (χ1v) is 14.1. The molecule has 4 aliphatic carbocycles. The fraction of sp³-hybridized carbons (Fsp3) is 0.581. The number of carbonyl (C=O) groups is 3. The number of methoxy groups -OCH3 is 1. The average molecular weight is 574 g/mol. The number of benzene rings is 1. The van der Waals surface area contributed by atoms with Gasteiger partial charge >= 0.3 is 11.9 Å². The van der Waals surface area contributed by atoms with Crippen molar-refractivity contribution < 1.29 is 33.4 Å². The maximum atomic E-state index is 15.8. The lowest BCUT2D eigenvalue weighted by Gasteiger charge is -2.64. The first-order valence-electron chi connectivity index (χ1n) is 13.7. The maximum absolute atomic E-state index is 15.8. The molecule has 9 heteroatoms. The summed E-state index contributed by atoms with van der Waals surface area (Å²) >= 11 is 7.43. The third kappa shape index (κ3) is 3.60. The Morgan fingerprint density at radius 2 is 1.77 bits per heavy atom. The molecule has 3 fully saturated rings. The first-order chi connectivity index (χ1) is 18.7. The molecule has 0 saturated heterocycles. The largest absolute Gasteiger partial charge is 0.466 e. The number of ether oxygens (including phenoxy) is 2. The van der Waals surface area contributed by atoms with E-state index < -0.39 is 57.4 Å². The van der Waals surface area contributed by atoms with Crippen molar-refractivity contribution in [1.29, 1.82) is 0 Å². The molecule has 0 aromatic heterocycles. The normalized spacial score (nSPS) is 41.8. The molecule has 7 nitrogen and oxygen atoms in total. The van der Waals surface area contributed by atoms with Crippen LogP contribution in [-0.2, 0) is 19.1 Å². The Morgan fingerprint density at radius 1 is 1.12 bits per heavy atom. The highest BCUT2D eigenvalue weighted by Gasteiger charge is 2.78. The number of fused-ring (bicyclic) bond motifs is 5. The van der Waals surface area contributed by atoms with E-state index in [4.69, 9.17) is 21.1 Å². The molecule has 5 rings (SSSR count). The van der Waals surface area contributed by atoms with Crippen LogP contribution >= 0.6 is 11.6 Å². The number of halogens is 2. The zero-order valence-electron chi connectivity index (χ0n) is 23.7. The highest BCUT2D eigenvalue weighted by atomic mass is 35.5. The van der Waals surface area contributed by atoms with Gasteiger partial charge in [-0.2, -0.15) is 0 Å². The summed E-state index contributed by atoms with van der Waals surface area (Å²) in [5.74, 6) is -3.16. The monoisotopic (exact) mass is 573 g/mol. The lowest BCUT2D eigenvalue weighted by atomic mass is 9.45. The topological polar surface area (TPSA) is 93.1 Å². The van der Waals surface area contributed by atoms with Gasteiger partial charge in [0.1, 0.15) is 6.17 Å². The Morgan fingerprint density at radius 3 is 2.38 bits per heavy atom. The minimum Gasteiger partial charge on any atom is -0.466 e. The quantitative estimate of drug-likeness (QED) is 0.414. The van der Waals surface area contributed by atoms with Crippen LogP contribution in [0.5, 0.6) is 0 Å². The molecule has 0 radical (unpaired) electrons. The van der Waals surface area contributed by atoms with Crippen molar-refractivity contribution in [2.75, 3.05) is 26.1 Å². The van der Waals surface area contributed by atoms with Gasteiger partial charge < -0.3 is 19.5 Å². The van der Waals surface area contributed by atoms with Gasteiger partial charge in [-0.3, -0.25) is 4.79 Å². The van der Waals surface area contributed by atoms with Gasteiger partial charge in [-0.25, -0.2) is 14.0 Å². The molecule has 3 saturated carbocycles. The smallest absolute Gasteiger partial charge is 0.351 e.